The third-order valence-electron chi connectivity index (χ3n) is 5.87. The van der Waals surface area contributed by atoms with Crippen LogP contribution >= 0.6 is 11.6 Å². The molecule has 2 fully saturated rings. The van der Waals surface area contributed by atoms with Gasteiger partial charge >= 0.3 is 0 Å². The van der Waals surface area contributed by atoms with Gasteiger partial charge in [-0.15, -0.1) is 0 Å². The molecule has 1 aromatic carbocycles. The number of likely N-dealkylation sites (tertiary alicyclic amines) is 1. The summed E-state index contributed by atoms with van der Waals surface area (Å²) in [6.45, 7) is 7.53. The van der Waals surface area contributed by atoms with E-state index in [9.17, 15) is 0 Å². The third kappa shape index (κ3) is 3.22. The fourth-order valence-corrected chi connectivity index (χ4v) is 4.04. The molecule has 1 saturated carbocycles. The van der Waals surface area contributed by atoms with E-state index in [1.54, 1.807) is 0 Å². The van der Waals surface area contributed by atoms with E-state index in [2.05, 4.69) is 41.1 Å². The lowest BCUT2D eigenvalue weighted by Gasteiger charge is -2.32. The highest BCUT2D eigenvalue weighted by Gasteiger charge is 2.44. The van der Waals surface area contributed by atoms with Gasteiger partial charge in [0.25, 0.3) is 0 Å². The van der Waals surface area contributed by atoms with Crippen molar-refractivity contribution < 1.29 is 0 Å². The first-order valence-electron chi connectivity index (χ1n) is 8.99. The fourth-order valence-electron chi connectivity index (χ4n) is 3.85. The summed E-state index contributed by atoms with van der Waals surface area (Å²) < 4.78 is 0. The van der Waals surface area contributed by atoms with Gasteiger partial charge in [0.2, 0.25) is 0 Å². The predicted molar refractivity (Wildman–Crippen MR) is 100 cm³/mol. The summed E-state index contributed by atoms with van der Waals surface area (Å²) in [5.41, 5.74) is 6.69. The van der Waals surface area contributed by atoms with Gasteiger partial charge in [-0.2, -0.15) is 0 Å². The van der Waals surface area contributed by atoms with Gasteiger partial charge in [0, 0.05) is 29.0 Å². The first kappa shape index (κ1) is 16.1. The quantitative estimate of drug-likeness (QED) is 0.744. The molecule has 1 aliphatic heterocycles. The van der Waals surface area contributed by atoms with Crippen molar-refractivity contribution >= 4 is 11.6 Å². The fraction of sp³-hybridized carbons (Fsp3) is 0.476. The molecule has 2 nitrogen and oxygen atoms in total. The number of benzene rings is 1. The highest BCUT2D eigenvalue weighted by Crippen LogP contribution is 2.53. The van der Waals surface area contributed by atoms with Gasteiger partial charge in [-0.05, 0) is 92.9 Å². The molecule has 1 spiro atoms. The summed E-state index contributed by atoms with van der Waals surface area (Å²) in [5.74, 6) is 0. The minimum absolute atomic E-state index is 0.727. The highest BCUT2D eigenvalue weighted by molar-refractivity contribution is 6.31. The van der Waals surface area contributed by atoms with Crippen LogP contribution in [-0.2, 0) is 6.54 Å². The lowest BCUT2D eigenvalue weighted by molar-refractivity contribution is 0.166. The smallest absolute Gasteiger partial charge is 0.0438 e. The topological polar surface area (TPSA) is 16.1 Å². The molecule has 3 heteroatoms. The number of halogens is 1. The van der Waals surface area contributed by atoms with Gasteiger partial charge in [0.05, 0.1) is 0 Å². The number of hydrogen-bond acceptors (Lipinski definition) is 2. The molecule has 0 amide bonds. The van der Waals surface area contributed by atoms with Gasteiger partial charge in [0.1, 0.15) is 0 Å². The summed E-state index contributed by atoms with van der Waals surface area (Å²) in [4.78, 5) is 7.07. The van der Waals surface area contributed by atoms with E-state index < -0.39 is 0 Å². The van der Waals surface area contributed by atoms with Crippen LogP contribution in [0.4, 0.5) is 0 Å². The second kappa shape index (κ2) is 6.16. The van der Waals surface area contributed by atoms with Crippen molar-refractivity contribution in [2.45, 2.75) is 46.1 Å². The molecule has 2 aromatic rings. The van der Waals surface area contributed by atoms with E-state index in [1.165, 1.54) is 55.5 Å². The van der Waals surface area contributed by atoms with Crippen molar-refractivity contribution in [3.8, 4) is 11.1 Å². The average Bonchev–Trinajstić information content (AvgIpc) is 3.33. The van der Waals surface area contributed by atoms with E-state index in [1.807, 2.05) is 13.1 Å². The maximum absolute atomic E-state index is 6.44. The predicted octanol–water partition coefficient (Wildman–Crippen LogP) is 5.39. The zero-order valence-electron chi connectivity index (χ0n) is 14.6. The van der Waals surface area contributed by atoms with Crippen LogP contribution in [0.2, 0.25) is 5.02 Å². The Balaban J connectivity index is 1.61. The first-order valence-corrected chi connectivity index (χ1v) is 9.37. The van der Waals surface area contributed by atoms with E-state index in [-0.39, 0.29) is 0 Å². The number of aryl methyl sites for hydroxylation is 2. The van der Waals surface area contributed by atoms with Crippen molar-refractivity contribution in [3.05, 3.63) is 52.3 Å². The SMILES string of the molecule is Cc1ccc(-c2cc(C)c(Cl)cc2CN2CCC3(CC2)CC3)cn1. The summed E-state index contributed by atoms with van der Waals surface area (Å²) in [7, 11) is 0. The van der Waals surface area contributed by atoms with Crippen LogP contribution in [0.1, 0.15) is 42.5 Å². The molecule has 126 valence electrons. The number of piperidine rings is 1. The Kier molecular flexibility index (Phi) is 4.14. The van der Waals surface area contributed by atoms with Crippen LogP contribution in [0.5, 0.6) is 0 Å². The molecule has 1 aliphatic carbocycles. The zero-order valence-corrected chi connectivity index (χ0v) is 15.4. The van der Waals surface area contributed by atoms with Crippen molar-refractivity contribution in [1.82, 2.24) is 9.88 Å². The maximum atomic E-state index is 6.44. The van der Waals surface area contributed by atoms with Gasteiger partial charge in [-0.1, -0.05) is 17.7 Å². The lowest BCUT2D eigenvalue weighted by Crippen LogP contribution is -2.34. The van der Waals surface area contributed by atoms with Crippen molar-refractivity contribution in [2.24, 2.45) is 5.41 Å². The van der Waals surface area contributed by atoms with E-state index in [4.69, 9.17) is 11.6 Å². The van der Waals surface area contributed by atoms with Gasteiger partial charge in [-0.3, -0.25) is 9.88 Å². The van der Waals surface area contributed by atoms with Crippen LogP contribution < -0.4 is 0 Å². The largest absolute Gasteiger partial charge is 0.299 e. The van der Waals surface area contributed by atoms with Crippen molar-refractivity contribution in [3.63, 3.8) is 0 Å². The molecule has 0 unspecified atom stereocenters. The Hall–Kier alpha value is -1.38. The van der Waals surface area contributed by atoms with Crippen LogP contribution in [-0.4, -0.2) is 23.0 Å². The zero-order chi connectivity index (χ0) is 16.7. The molecule has 1 saturated heterocycles. The molecule has 0 N–H and O–H groups in total. The monoisotopic (exact) mass is 340 g/mol. The number of hydrogen-bond donors (Lipinski definition) is 0. The Bertz CT molecular complexity index is 737. The molecular weight excluding hydrogens is 316 g/mol. The van der Waals surface area contributed by atoms with Crippen LogP contribution in [0.3, 0.4) is 0 Å². The summed E-state index contributed by atoms with van der Waals surface area (Å²) in [6.07, 6.45) is 7.63. The minimum Gasteiger partial charge on any atom is -0.299 e. The second-order valence-corrected chi connectivity index (χ2v) is 8.13. The average molecular weight is 341 g/mol. The number of pyridine rings is 1. The Morgan fingerprint density at radius 1 is 1.08 bits per heavy atom. The number of rotatable bonds is 3. The molecule has 0 bridgehead atoms. The highest BCUT2D eigenvalue weighted by atomic mass is 35.5. The van der Waals surface area contributed by atoms with Crippen LogP contribution in [0.15, 0.2) is 30.5 Å². The molecule has 2 aliphatic rings. The van der Waals surface area contributed by atoms with Gasteiger partial charge in [-0.25, -0.2) is 0 Å². The molecule has 0 radical (unpaired) electrons. The molecule has 4 rings (SSSR count). The van der Waals surface area contributed by atoms with Gasteiger partial charge in [0.15, 0.2) is 0 Å². The second-order valence-electron chi connectivity index (χ2n) is 7.72. The van der Waals surface area contributed by atoms with Crippen LogP contribution in [0.25, 0.3) is 11.1 Å². The lowest BCUT2D eigenvalue weighted by atomic mass is 9.92. The third-order valence-corrected chi connectivity index (χ3v) is 6.28. The summed E-state index contributed by atoms with van der Waals surface area (Å²) >= 11 is 6.44. The summed E-state index contributed by atoms with van der Waals surface area (Å²) in [6, 6.07) is 8.63. The van der Waals surface area contributed by atoms with Gasteiger partial charge < -0.3 is 0 Å². The Labute approximate surface area is 149 Å². The Morgan fingerprint density at radius 3 is 2.46 bits per heavy atom. The van der Waals surface area contributed by atoms with E-state index in [0.717, 1.165) is 28.2 Å². The molecule has 2 heterocycles. The van der Waals surface area contributed by atoms with Crippen molar-refractivity contribution in [2.75, 3.05) is 13.1 Å². The first-order chi connectivity index (χ1) is 11.5. The van der Waals surface area contributed by atoms with Crippen molar-refractivity contribution in [1.29, 1.82) is 0 Å². The normalized spacial score (nSPS) is 19.6. The minimum atomic E-state index is 0.727. The van der Waals surface area contributed by atoms with E-state index >= 15 is 0 Å². The molecule has 24 heavy (non-hydrogen) atoms. The standard InChI is InChI=1S/C21H25ClN2/c1-15-11-19(17-4-3-16(2)23-13-17)18(12-20(15)22)14-24-9-7-21(5-6-21)8-10-24/h3-4,11-13H,5-10,14H2,1-2H3. The molecule has 0 atom stereocenters. The number of aromatic nitrogens is 1. The number of nitrogens with zero attached hydrogens (tertiary/aromatic N) is 2. The van der Waals surface area contributed by atoms with Crippen LogP contribution in [0, 0.1) is 19.3 Å². The maximum Gasteiger partial charge on any atom is 0.0438 e. The molecular formula is C21H25ClN2. The van der Waals surface area contributed by atoms with E-state index in [0.29, 0.717) is 0 Å². The summed E-state index contributed by atoms with van der Waals surface area (Å²) in [5, 5.41) is 0.865. The Morgan fingerprint density at radius 2 is 1.83 bits per heavy atom. The molecule has 1 aromatic heterocycles.